The number of hydrogen-bond acceptors (Lipinski definition) is 2. The first-order chi connectivity index (χ1) is 12.7. The first-order valence-electron chi connectivity index (χ1n) is 8.53. The Morgan fingerprint density at radius 2 is 1.62 bits per heavy atom. The molecule has 0 atom stereocenters. The maximum atomic E-state index is 13.2. The third kappa shape index (κ3) is 3.42. The molecule has 1 aromatic heterocycles. The van der Waals surface area contributed by atoms with E-state index in [9.17, 15) is 4.39 Å². The maximum Gasteiger partial charge on any atom is 0.123 e. The Morgan fingerprint density at radius 1 is 0.885 bits per heavy atom. The van der Waals surface area contributed by atoms with Crippen molar-refractivity contribution >= 4 is 10.9 Å². The summed E-state index contributed by atoms with van der Waals surface area (Å²) in [4.78, 5) is 4.72. The third-order valence-corrected chi connectivity index (χ3v) is 4.36. The molecule has 0 aliphatic rings. The van der Waals surface area contributed by atoms with Crippen LogP contribution in [-0.2, 0) is 6.61 Å². The Morgan fingerprint density at radius 3 is 2.38 bits per heavy atom. The number of halogens is 1. The zero-order chi connectivity index (χ0) is 17.9. The lowest BCUT2D eigenvalue weighted by molar-refractivity contribution is 0.307. The molecule has 3 heteroatoms. The first-order valence-corrected chi connectivity index (χ1v) is 8.53. The minimum absolute atomic E-state index is 0.252. The molecule has 0 fully saturated rings. The van der Waals surface area contributed by atoms with E-state index in [1.807, 2.05) is 54.6 Å². The standard InChI is InChI=1S/C23H18FNO/c1-16-6-12-20(13-7-16)26-15-18-14-23(17-8-10-19(24)11-9-17)25-22-5-3-2-4-21(18)22/h2-14H,15H2,1H3. The summed E-state index contributed by atoms with van der Waals surface area (Å²) < 4.78 is 19.2. The van der Waals surface area contributed by atoms with E-state index in [1.54, 1.807) is 12.1 Å². The highest BCUT2D eigenvalue weighted by Gasteiger charge is 2.08. The number of aryl methyl sites for hydroxylation is 1. The second-order valence-corrected chi connectivity index (χ2v) is 6.29. The van der Waals surface area contributed by atoms with Crippen LogP contribution in [0.3, 0.4) is 0 Å². The highest BCUT2D eigenvalue weighted by molar-refractivity contribution is 5.85. The van der Waals surface area contributed by atoms with Gasteiger partial charge < -0.3 is 4.74 Å². The number of pyridine rings is 1. The number of nitrogens with zero attached hydrogens (tertiary/aromatic N) is 1. The highest BCUT2D eigenvalue weighted by Crippen LogP contribution is 2.26. The van der Waals surface area contributed by atoms with Crippen molar-refractivity contribution in [2.24, 2.45) is 0 Å². The quantitative estimate of drug-likeness (QED) is 0.458. The predicted octanol–water partition coefficient (Wildman–Crippen LogP) is 5.93. The number of benzene rings is 3. The Kier molecular flexibility index (Phi) is 4.36. The van der Waals surface area contributed by atoms with Crippen molar-refractivity contribution in [3.05, 3.63) is 95.8 Å². The molecule has 0 radical (unpaired) electrons. The van der Waals surface area contributed by atoms with Crippen LogP contribution in [0.4, 0.5) is 4.39 Å². The second kappa shape index (κ2) is 6.96. The first kappa shape index (κ1) is 16.3. The van der Waals surface area contributed by atoms with Gasteiger partial charge in [0.15, 0.2) is 0 Å². The normalized spacial score (nSPS) is 10.8. The van der Waals surface area contributed by atoms with Crippen LogP contribution >= 0.6 is 0 Å². The van der Waals surface area contributed by atoms with Crippen LogP contribution in [0.15, 0.2) is 78.9 Å². The summed E-state index contributed by atoms with van der Waals surface area (Å²) in [5, 5.41) is 1.06. The van der Waals surface area contributed by atoms with Gasteiger partial charge in [0.1, 0.15) is 18.2 Å². The highest BCUT2D eigenvalue weighted by atomic mass is 19.1. The van der Waals surface area contributed by atoms with Gasteiger partial charge in [-0.1, -0.05) is 35.9 Å². The summed E-state index contributed by atoms with van der Waals surface area (Å²) in [7, 11) is 0. The molecule has 0 aliphatic heterocycles. The smallest absolute Gasteiger partial charge is 0.123 e. The van der Waals surface area contributed by atoms with Crippen molar-refractivity contribution in [1.29, 1.82) is 0 Å². The Hall–Kier alpha value is -3.20. The lowest BCUT2D eigenvalue weighted by Crippen LogP contribution is -1.99. The molecule has 4 aromatic rings. The third-order valence-electron chi connectivity index (χ3n) is 4.36. The summed E-state index contributed by atoms with van der Waals surface area (Å²) >= 11 is 0. The molecule has 1 heterocycles. The molecule has 0 amide bonds. The molecule has 0 aliphatic carbocycles. The minimum atomic E-state index is -0.252. The van der Waals surface area contributed by atoms with E-state index < -0.39 is 0 Å². The Bertz CT molecular complexity index is 1040. The number of para-hydroxylation sites is 1. The summed E-state index contributed by atoms with van der Waals surface area (Å²) in [6.07, 6.45) is 0. The molecular formula is C23H18FNO. The summed E-state index contributed by atoms with van der Waals surface area (Å²) in [6.45, 7) is 2.50. The number of rotatable bonds is 4. The van der Waals surface area contributed by atoms with Crippen LogP contribution in [0.25, 0.3) is 22.2 Å². The number of ether oxygens (including phenoxy) is 1. The van der Waals surface area contributed by atoms with Gasteiger partial charge >= 0.3 is 0 Å². The molecule has 26 heavy (non-hydrogen) atoms. The van der Waals surface area contributed by atoms with Crippen molar-refractivity contribution in [1.82, 2.24) is 4.98 Å². The number of hydrogen-bond donors (Lipinski definition) is 0. The molecule has 0 saturated heterocycles. The zero-order valence-corrected chi connectivity index (χ0v) is 14.4. The molecule has 4 rings (SSSR count). The van der Waals surface area contributed by atoms with Crippen LogP contribution in [0.1, 0.15) is 11.1 Å². The molecule has 0 unspecified atom stereocenters. The van der Waals surface area contributed by atoms with Gasteiger partial charge in [0.05, 0.1) is 11.2 Å². The summed E-state index contributed by atoms with van der Waals surface area (Å²) in [6, 6.07) is 24.4. The van der Waals surface area contributed by atoms with E-state index in [2.05, 4.69) is 6.92 Å². The van der Waals surface area contributed by atoms with Crippen molar-refractivity contribution in [2.45, 2.75) is 13.5 Å². The molecule has 0 saturated carbocycles. The molecule has 0 spiro atoms. The predicted molar refractivity (Wildman–Crippen MR) is 103 cm³/mol. The molecular weight excluding hydrogens is 325 g/mol. The largest absolute Gasteiger partial charge is 0.489 e. The van der Waals surface area contributed by atoms with Crippen molar-refractivity contribution in [2.75, 3.05) is 0 Å². The number of aromatic nitrogens is 1. The van der Waals surface area contributed by atoms with Crippen LogP contribution in [0.2, 0.25) is 0 Å². The molecule has 128 valence electrons. The molecule has 2 nitrogen and oxygen atoms in total. The zero-order valence-electron chi connectivity index (χ0n) is 14.4. The lowest BCUT2D eigenvalue weighted by atomic mass is 10.0. The van der Waals surface area contributed by atoms with Crippen LogP contribution in [0.5, 0.6) is 5.75 Å². The van der Waals surface area contributed by atoms with Crippen LogP contribution < -0.4 is 4.74 Å². The fourth-order valence-electron chi connectivity index (χ4n) is 2.93. The van der Waals surface area contributed by atoms with E-state index in [4.69, 9.17) is 9.72 Å². The van der Waals surface area contributed by atoms with E-state index in [0.717, 1.165) is 33.5 Å². The van der Waals surface area contributed by atoms with Gasteiger partial charge in [0, 0.05) is 16.5 Å². The van der Waals surface area contributed by atoms with Crippen LogP contribution in [-0.4, -0.2) is 4.98 Å². The average molecular weight is 343 g/mol. The lowest BCUT2D eigenvalue weighted by Gasteiger charge is -2.12. The maximum absolute atomic E-state index is 13.2. The van der Waals surface area contributed by atoms with Crippen molar-refractivity contribution in [3.8, 4) is 17.0 Å². The second-order valence-electron chi connectivity index (χ2n) is 6.29. The number of fused-ring (bicyclic) bond motifs is 1. The SMILES string of the molecule is Cc1ccc(OCc2cc(-c3ccc(F)cc3)nc3ccccc23)cc1. The van der Waals surface area contributed by atoms with Crippen molar-refractivity contribution < 1.29 is 9.13 Å². The van der Waals surface area contributed by atoms with E-state index in [1.165, 1.54) is 17.7 Å². The van der Waals surface area contributed by atoms with Gasteiger partial charge in [-0.15, -0.1) is 0 Å². The van der Waals surface area contributed by atoms with Gasteiger partial charge in [-0.3, -0.25) is 0 Å². The van der Waals surface area contributed by atoms with E-state index >= 15 is 0 Å². The topological polar surface area (TPSA) is 22.1 Å². The van der Waals surface area contributed by atoms with Gasteiger partial charge in [0.2, 0.25) is 0 Å². The fourth-order valence-corrected chi connectivity index (χ4v) is 2.93. The molecule has 0 N–H and O–H groups in total. The van der Waals surface area contributed by atoms with Gasteiger partial charge in [-0.2, -0.15) is 0 Å². The van der Waals surface area contributed by atoms with Gasteiger partial charge in [-0.25, -0.2) is 9.37 Å². The van der Waals surface area contributed by atoms with E-state index in [0.29, 0.717) is 6.61 Å². The molecule has 3 aromatic carbocycles. The fraction of sp³-hybridized carbons (Fsp3) is 0.0870. The van der Waals surface area contributed by atoms with Crippen molar-refractivity contribution in [3.63, 3.8) is 0 Å². The summed E-state index contributed by atoms with van der Waals surface area (Å²) in [5.41, 5.74) is 4.84. The Balaban J connectivity index is 1.72. The summed E-state index contributed by atoms with van der Waals surface area (Å²) in [5.74, 6) is 0.581. The monoisotopic (exact) mass is 343 g/mol. The average Bonchev–Trinajstić information content (AvgIpc) is 2.68. The minimum Gasteiger partial charge on any atom is -0.489 e. The van der Waals surface area contributed by atoms with Gasteiger partial charge in [0.25, 0.3) is 0 Å². The Labute approximate surface area is 151 Å². The van der Waals surface area contributed by atoms with E-state index in [-0.39, 0.29) is 5.82 Å². The van der Waals surface area contributed by atoms with Crippen LogP contribution in [0, 0.1) is 12.7 Å². The molecule has 0 bridgehead atoms. The van der Waals surface area contributed by atoms with Gasteiger partial charge in [-0.05, 0) is 55.5 Å².